The Balaban J connectivity index is 1.43. The number of ether oxygens (including phenoxy) is 1. The molecule has 4 aromatic rings. The van der Waals surface area contributed by atoms with Crippen molar-refractivity contribution >= 4 is 33.2 Å². The van der Waals surface area contributed by atoms with Gasteiger partial charge in [0.2, 0.25) is 0 Å². The Kier molecular flexibility index (Phi) is 5.50. The van der Waals surface area contributed by atoms with Gasteiger partial charge in [0.05, 0.1) is 11.8 Å². The number of aliphatic hydroxyl groups is 1. The van der Waals surface area contributed by atoms with Crippen molar-refractivity contribution in [3.05, 3.63) is 65.4 Å². The van der Waals surface area contributed by atoms with E-state index < -0.39 is 6.23 Å². The number of furan rings is 1. The van der Waals surface area contributed by atoms with Crippen LogP contribution in [0.25, 0.3) is 22.4 Å². The standard InChI is InChI=1S/C23H21N3O4S/c27-20(14-7-10-29-11-8-14)21-19(18-6-3-9-30-18)25-23(31-21)26-22(28)16-12-15-4-1-2-5-17(15)24-13-16/h1-6,9,12-14,22,28H,7-8,10-11H2,(H,25,26). The highest BCUT2D eigenvalue weighted by molar-refractivity contribution is 7.18. The van der Waals surface area contributed by atoms with Gasteiger partial charge in [-0.3, -0.25) is 9.78 Å². The number of pyridine rings is 1. The molecule has 1 saturated heterocycles. The van der Waals surface area contributed by atoms with Crippen LogP contribution >= 0.6 is 11.3 Å². The number of benzene rings is 1. The second-order valence-electron chi connectivity index (χ2n) is 7.43. The van der Waals surface area contributed by atoms with Gasteiger partial charge in [-0.1, -0.05) is 29.5 Å². The fourth-order valence-electron chi connectivity index (χ4n) is 3.71. The number of hydrogen-bond donors (Lipinski definition) is 2. The van der Waals surface area contributed by atoms with Crippen LogP contribution in [0.4, 0.5) is 5.13 Å². The molecule has 1 aromatic carbocycles. The van der Waals surface area contributed by atoms with E-state index in [0.29, 0.717) is 53.1 Å². The molecule has 0 bridgehead atoms. The number of fused-ring (bicyclic) bond motifs is 1. The maximum absolute atomic E-state index is 13.2. The molecule has 1 aliphatic rings. The molecule has 8 heteroatoms. The second-order valence-corrected chi connectivity index (χ2v) is 8.43. The molecule has 1 unspecified atom stereocenters. The summed E-state index contributed by atoms with van der Waals surface area (Å²) in [5, 5.41) is 15.1. The van der Waals surface area contributed by atoms with Crippen molar-refractivity contribution in [2.45, 2.75) is 19.1 Å². The van der Waals surface area contributed by atoms with Crippen molar-refractivity contribution < 1.29 is 19.1 Å². The molecule has 1 aliphatic heterocycles. The van der Waals surface area contributed by atoms with E-state index in [4.69, 9.17) is 9.15 Å². The van der Waals surface area contributed by atoms with E-state index >= 15 is 0 Å². The van der Waals surface area contributed by atoms with Gasteiger partial charge in [0.1, 0.15) is 10.6 Å². The molecule has 0 saturated carbocycles. The van der Waals surface area contributed by atoms with Crippen molar-refractivity contribution in [3.63, 3.8) is 0 Å². The number of aromatic nitrogens is 2. The third-order valence-electron chi connectivity index (χ3n) is 5.39. The summed E-state index contributed by atoms with van der Waals surface area (Å²) in [6, 6.07) is 13.1. The number of nitrogens with one attached hydrogen (secondary N) is 1. The van der Waals surface area contributed by atoms with E-state index in [1.807, 2.05) is 30.3 Å². The van der Waals surface area contributed by atoms with Crippen LogP contribution in [0.1, 0.15) is 34.3 Å². The number of nitrogens with zero attached hydrogens (tertiary/aromatic N) is 2. The molecule has 158 valence electrons. The topological polar surface area (TPSA) is 97.5 Å². The predicted molar refractivity (Wildman–Crippen MR) is 118 cm³/mol. The Morgan fingerprint density at radius 1 is 1.19 bits per heavy atom. The van der Waals surface area contributed by atoms with Crippen molar-refractivity contribution in [2.24, 2.45) is 5.92 Å². The zero-order valence-corrected chi connectivity index (χ0v) is 17.5. The number of ketones is 1. The smallest absolute Gasteiger partial charge is 0.186 e. The highest BCUT2D eigenvalue weighted by Crippen LogP contribution is 2.36. The molecular formula is C23H21N3O4S. The van der Waals surface area contributed by atoms with Crippen molar-refractivity contribution in [3.8, 4) is 11.5 Å². The van der Waals surface area contributed by atoms with Crippen LogP contribution in [0, 0.1) is 5.92 Å². The summed E-state index contributed by atoms with van der Waals surface area (Å²) >= 11 is 1.23. The van der Waals surface area contributed by atoms with Crippen LogP contribution < -0.4 is 5.32 Å². The Bertz CT molecular complexity index is 1200. The lowest BCUT2D eigenvalue weighted by Gasteiger charge is -2.20. The Morgan fingerprint density at radius 3 is 2.84 bits per heavy atom. The van der Waals surface area contributed by atoms with Gasteiger partial charge in [0.25, 0.3) is 0 Å². The third kappa shape index (κ3) is 4.10. The number of aliphatic hydroxyl groups excluding tert-OH is 1. The largest absolute Gasteiger partial charge is 0.463 e. The van der Waals surface area contributed by atoms with Gasteiger partial charge in [-0.25, -0.2) is 4.98 Å². The monoisotopic (exact) mass is 435 g/mol. The summed E-state index contributed by atoms with van der Waals surface area (Å²) in [7, 11) is 0. The highest BCUT2D eigenvalue weighted by atomic mass is 32.1. The van der Waals surface area contributed by atoms with Crippen molar-refractivity contribution in [1.82, 2.24) is 9.97 Å². The number of rotatable bonds is 6. The molecular weight excluding hydrogens is 414 g/mol. The van der Waals surface area contributed by atoms with Crippen LogP contribution in [-0.4, -0.2) is 34.1 Å². The molecule has 7 nitrogen and oxygen atoms in total. The first-order valence-corrected chi connectivity index (χ1v) is 11.0. The average Bonchev–Trinajstić information content (AvgIpc) is 3.49. The van der Waals surface area contributed by atoms with E-state index in [-0.39, 0.29) is 11.7 Å². The zero-order chi connectivity index (χ0) is 21.2. The van der Waals surface area contributed by atoms with Gasteiger partial charge in [0.15, 0.2) is 22.9 Å². The summed E-state index contributed by atoms with van der Waals surface area (Å²) in [6.07, 6.45) is 3.57. The second kappa shape index (κ2) is 8.58. The number of Topliss-reactive ketones (excluding diaryl/α,β-unsaturated/α-hetero) is 1. The van der Waals surface area contributed by atoms with Crippen molar-refractivity contribution in [1.29, 1.82) is 0 Å². The number of carbonyl (C=O) groups excluding carboxylic acids is 1. The van der Waals surface area contributed by atoms with Crippen LogP contribution in [0.3, 0.4) is 0 Å². The van der Waals surface area contributed by atoms with Crippen LogP contribution in [0.2, 0.25) is 0 Å². The molecule has 3 aromatic heterocycles. The van der Waals surface area contributed by atoms with Gasteiger partial charge in [-0.15, -0.1) is 0 Å². The number of para-hydroxylation sites is 1. The minimum atomic E-state index is -1.02. The number of anilines is 1. The maximum atomic E-state index is 13.2. The first-order valence-electron chi connectivity index (χ1n) is 10.1. The zero-order valence-electron chi connectivity index (χ0n) is 16.7. The van der Waals surface area contributed by atoms with Gasteiger partial charge >= 0.3 is 0 Å². The predicted octanol–water partition coefficient (Wildman–Crippen LogP) is 4.66. The van der Waals surface area contributed by atoms with Crippen LogP contribution in [-0.2, 0) is 4.74 Å². The molecule has 1 atom stereocenters. The van der Waals surface area contributed by atoms with Crippen LogP contribution in [0.15, 0.2) is 59.3 Å². The maximum Gasteiger partial charge on any atom is 0.186 e. The first-order chi connectivity index (χ1) is 15.2. The third-order valence-corrected chi connectivity index (χ3v) is 6.39. The summed E-state index contributed by atoms with van der Waals surface area (Å²) in [5.74, 6) is 0.481. The molecule has 4 heterocycles. The molecule has 0 spiro atoms. The fraction of sp³-hybridized carbons (Fsp3) is 0.261. The van der Waals surface area contributed by atoms with Gasteiger partial charge in [0, 0.05) is 36.3 Å². The fourth-order valence-corrected chi connectivity index (χ4v) is 4.72. The molecule has 0 amide bonds. The Hall–Kier alpha value is -3.07. The Morgan fingerprint density at radius 2 is 2.03 bits per heavy atom. The number of hydrogen-bond acceptors (Lipinski definition) is 8. The lowest BCUT2D eigenvalue weighted by atomic mass is 9.94. The molecule has 0 radical (unpaired) electrons. The minimum absolute atomic E-state index is 0.0436. The summed E-state index contributed by atoms with van der Waals surface area (Å²) < 4.78 is 10.9. The van der Waals surface area contributed by atoms with E-state index in [0.717, 1.165) is 10.9 Å². The molecule has 0 aliphatic carbocycles. The molecule has 1 fully saturated rings. The summed E-state index contributed by atoms with van der Waals surface area (Å²) in [6.45, 7) is 1.17. The first kappa shape index (κ1) is 19.9. The van der Waals surface area contributed by atoms with E-state index in [1.165, 1.54) is 11.3 Å². The average molecular weight is 436 g/mol. The van der Waals surface area contributed by atoms with E-state index in [1.54, 1.807) is 24.6 Å². The van der Waals surface area contributed by atoms with Crippen molar-refractivity contribution in [2.75, 3.05) is 18.5 Å². The lowest BCUT2D eigenvalue weighted by molar-refractivity contribution is 0.0547. The SMILES string of the molecule is O=C(c1sc(NC(O)c2cnc3ccccc3c2)nc1-c1ccco1)C1CCOCC1. The quantitative estimate of drug-likeness (QED) is 0.336. The Labute approximate surface area is 182 Å². The number of carbonyl (C=O) groups is 1. The van der Waals surface area contributed by atoms with E-state index in [9.17, 15) is 9.90 Å². The lowest BCUT2D eigenvalue weighted by Crippen LogP contribution is -2.23. The van der Waals surface area contributed by atoms with Gasteiger partial charge in [-0.2, -0.15) is 0 Å². The van der Waals surface area contributed by atoms with E-state index in [2.05, 4.69) is 15.3 Å². The summed E-state index contributed by atoms with van der Waals surface area (Å²) in [5.41, 5.74) is 1.97. The van der Waals surface area contributed by atoms with Gasteiger partial charge in [-0.05, 0) is 37.1 Å². The van der Waals surface area contributed by atoms with Crippen LogP contribution in [0.5, 0.6) is 0 Å². The molecule has 31 heavy (non-hydrogen) atoms. The van der Waals surface area contributed by atoms with Gasteiger partial charge < -0.3 is 19.6 Å². The highest BCUT2D eigenvalue weighted by Gasteiger charge is 2.29. The molecule has 5 rings (SSSR count). The molecule has 2 N–H and O–H groups in total. The number of thiazole rings is 1. The minimum Gasteiger partial charge on any atom is -0.463 e. The normalized spacial score (nSPS) is 15.8. The summed E-state index contributed by atoms with van der Waals surface area (Å²) in [4.78, 5) is 22.7.